The normalized spacial score (nSPS) is 21.1. The molecular weight excluding hydrogens is 402 g/mol. The smallest absolute Gasteiger partial charge is 0.194 e. The molecule has 7 nitrogen and oxygen atoms in total. The lowest BCUT2D eigenvalue weighted by atomic mass is 9.93. The number of rotatable bonds is 10. The van der Waals surface area contributed by atoms with E-state index in [2.05, 4.69) is 10.6 Å². The molecule has 0 spiro atoms. The molecular formula is C25H29N5O2. The zero-order valence-electron chi connectivity index (χ0n) is 18.0. The topological polar surface area (TPSA) is 124 Å². The first kappa shape index (κ1) is 23.0. The molecule has 1 aromatic carbocycles. The van der Waals surface area contributed by atoms with Crippen molar-refractivity contribution in [3.63, 3.8) is 0 Å². The molecule has 1 aliphatic heterocycles. The second-order valence-electron chi connectivity index (χ2n) is 7.56. The van der Waals surface area contributed by atoms with E-state index in [1.54, 1.807) is 19.2 Å². The van der Waals surface area contributed by atoms with Crippen LogP contribution in [0.5, 0.6) is 0 Å². The highest BCUT2D eigenvalue weighted by Gasteiger charge is 2.29. The summed E-state index contributed by atoms with van der Waals surface area (Å²) in [7, 11) is 1.63. The number of nitrogens with one attached hydrogen (secondary N) is 4. The summed E-state index contributed by atoms with van der Waals surface area (Å²) in [6.45, 7) is 0. The Morgan fingerprint density at radius 3 is 2.78 bits per heavy atom. The van der Waals surface area contributed by atoms with Gasteiger partial charge in [-0.3, -0.25) is 4.79 Å². The van der Waals surface area contributed by atoms with E-state index in [-0.39, 0.29) is 29.1 Å². The first-order chi connectivity index (χ1) is 15.5. The van der Waals surface area contributed by atoms with Gasteiger partial charge < -0.3 is 31.9 Å². The number of ether oxygens (including phenoxy) is 1. The maximum Gasteiger partial charge on any atom is 0.194 e. The summed E-state index contributed by atoms with van der Waals surface area (Å²) in [4.78, 5) is 13.6. The summed E-state index contributed by atoms with van der Waals surface area (Å²) in [6.07, 6.45) is 15.2. The second-order valence-corrected chi connectivity index (χ2v) is 7.56. The zero-order valence-corrected chi connectivity index (χ0v) is 18.0. The van der Waals surface area contributed by atoms with Gasteiger partial charge in [0.05, 0.1) is 17.4 Å². The van der Waals surface area contributed by atoms with Gasteiger partial charge in [0.25, 0.3) is 0 Å². The third kappa shape index (κ3) is 5.70. The van der Waals surface area contributed by atoms with Crippen LogP contribution in [0.1, 0.15) is 18.4 Å². The van der Waals surface area contributed by atoms with Crippen LogP contribution in [0.3, 0.4) is 0 Å². The van der Waals surface area contributed by atoms with Crippen molar-refractivity contribution in [2.24, 2.45) is 5.73 Å². The maximum atomic E-state index is 13.6. The number of nitrogens with two attached hydrogens (primary N) is 1. The Balaban J connectivity index is 1.91. The van der Waals surface area contributed by atoms with Crippen molar-refractivity contribution in [2.45, 2.75) is 31.0 Å². The summed E-state index contributed by atoms with van der Waals surface area (Å²) in [5.74, 6) is -0.421. The van der Waals surface area contributed by atoms with Gasteiger partial charge in [-0.25, -0.2) is 0 Å². The minimum atomic E-state index is -0.971. The first-order valence-corrected chi connectivity index (χ1v) is 10.5. The van der Waals surface area contributed by atoms with Crippen LogP contribution in [0.4, 0.5) is 0 Å². The van der Waals surface area contributed by atoms with Gasteiger partial charge in [-0.05, 0) is 36.4 Å². The van der Waals surface area contributed by atoms with Crippen molar-refractivity contribution in [3.05, 3.63) is 89.8 Å². The lowest BCUT2D eigenvalue weighted by Crippen LogP contribution is -2.46. The molecule has 3 atom stereocenters. The predicted molar refractivity (Wildman–Crippen MR) is 128 cm³/mol. The SMILES string of the molecule is COC1C=C(NC(C(=N)CC2C=CC=CN2)C(=O)C(C=N)=C(N)c2ccccc2)C=CC1. The molecule has 0 radical (unpaired) electrons. The number of Topliss-reactive ketones (excluding diaryl/α,β-unsaturated/α-hetero) is 1. The van der Waals surface area contributed by atoms with Crippen LogP contribution in [0.2, 0.25) is 0 Å². The number of hydrogen-bond donors (Lipinski definition) is 5. The van der Waals surface area contributed by atoms with Crippen molar-refractivity contribution in [3.8, 4) is 0 Å². The zero-order chi connectivity index (χ0) is 22.9. The minimum Gasteiger partial charge on any atom is -0.398 e. The van der Waals surface area contributed by atoms with Crippen LogP contribution in [0, 0.1) is 10.8 Å². The van der Waals surface area contributed by atoms with Gasteiger partial charge in [0.1, 0.15) is 6.04 Å². The standard InChI is InChI=1S/C25H29N5O2/c1-32-20-12-7-11-19(14-20)30-24(22(27)15-18-10-5-6-13-29-18)25(31)21(16-26)23(28)17-8-3-2-4-9-17/h2-11,13-14,16,18,20,24,26-27,29-30H,12,15,28H2,1H3. The highest BCUT2D eigenvalue weighted by Crippen LogP contribution is 2.18. The van der Waals surface area contributed by atoms with E-state index in [1.807, 2.05) is 60.9 Å². The number of carbonyl (C=O) groups excluding carboxylic acids is 1. The summed E-state index contributed by atoms with van der Waals surface area (Å²) >= 11 is 0. The Labute approximate surface area is 188 Å². The molecule has 2 aliphatic rings. The highest BCUT2D eigenvalue weighted by atomic mass is 16.5. The van der Waals surface area contributed by atoms with E-state index in [9.17, 15) is 4.79 Å². The Morgan fingerprint density at radius 1 is 1.34 bits per heavy atom. The van der Waals surface area contributed by atoms with E-state index < -0.39 is 11.8 Å². The number of ketones is 1. The van der Waals surface area contributed by atoms with Gasteiger partial charge in [-0.15, -0.1) is 0 Å². The minimum absolute atomic E-state index is 0.0640. The average molecular weight is 432 g/mol. The van der Waals surface area contributed by atoms with Crippen LogP contribution < -0.4 is 16.4 Å². The molecule has 0 fully saturated rings. The second kappa shape index (κ2) is 11.1. The summed E-state index contributed by atoms with van der Waals surface area (Å²) in [5, 5.41) is 23.0. The Hall–Kier alpha value is -3.71. The third-order valence-corrected chi connectivity index (χ3v) is 5.34. The van der Waals surface area contributed by atoms with Gasteiger partial charge >= 0.3 is 0 Å². The summed E-state index contributed by atoms with van der Waals surface area (Å²) in [6, 6.07) is 8.02. The van der Waals surface area contributed by atoms with Gasteiger partial charge in [-0.1, -0.05) is 48.6 Å². The Kier molecular flexibility index (Phi) is 7.94. The average Bonchev–Trinajstić information content (AvgIpc) is 2.84. The molecule has 1 aliphatic carbocycles. The molecule has 32 heavy (non-hydrogen) atoms. The van der Waals surface area contributed by atoms with Crippen LogP contribution in [-0.4, -0.2) is 43.0 Å². The number of dihydropyridines is 1. The Bertz CT molecular complexity index is 1000. The van der Waals surface area contributed by atoms with Crippen molar-refractivity contribution in [1.29, 1.82) is 10.8 Å². The summed E-state index contributed by atoms with van der Waals surface area (Å²) in [5.41, 5.74) is 8.10. The predicted octanol–water partition coefficient (Wildman–Crippen LogP) is 2.84. The molecule has 3 unspecified atom stereocenters. The number of allylic oxidation sites excluding steroid dienone is 3. The molecule has 0 bridgehead atoms. The van der Waals surface area contributed by atoms with E-state index in [4.69, 9.17) is 21.3 Å². The molecule has 0 saturated heterocycles. The fourth-order valence-corrected chi connectivity index (χ4v) is 3.57. The fourth-order valence-electron chi connectivity index (χ4n) is 3.57. The van der Waals surface area contributed by atoms with Crippen LogP contribution in [-0.2, 0) is 9.53 Å². The van der Waals surface area contributed by atoms with Crippen molar-refractivity contribution >= 4 is 23.4 Å². The maximum absolute atomic E-state index is 13.6. The molecule has 0 saturated carbocycles. The fraction of sp³-hybridized carbons (Fsp3) is 0.240. The van der Waals surface area contributed by atoms with Gasteiger partial charge in [0.15, 0.2) is 5.78 Å². The van der Waals surface area contributed by atoms with Crippen LogP contribution >= 0.6 is 0 Å². The third-order valence-electron chi connectivity index (χ3n) is 5.34. The molecule has 6 N–H and O–H groups in total. The van der Waals surface area contributed by atoms with E-state index in [0.29, 0.717) is 17.7 Å². The van der Waals surface area contributed by atoms with Crippen LogP contribution in [0.15, 0.2) is 84.3 Å². The molecule has 7 heteroatoms. The molecule has 0 aromatic heterocycles. The van der Waals surface area contributed by atoms with E-state index in [1.165, 1.54) is 0 Å². The summed E-state index contributed by atoms with van der Waals surface area (Å²) < 4.78 is 5.41. The number of carbonyl (C=O) groups is 1. The van der Waals surface area contributed by atoms with E-state index >= 15 is 0 Å². The lowest BCUT2D eigenvalue weighted by Gasteiger charge is -2.26. The largest absolute Gasteiger partial charge is 0.398 e. The van der Waals surface area contributed by atoms with Gasteiger partial charge in [0, 0.05) is 37.2 Å². The number of benzene rings is 1. The van der Waals surface area contributed by atoms with Crippen molar-refractivity contribution in [2.75, 3.05) is 7.11 Å². The van der Waals surface area contributed by atoms with E-state index in [0.717, 1.165) is 12.6 Å². The molecule has 166 valence electrons. The first-order valence-electron chi connectivity index (χ1n) is 10.5. The highest BCUT2D eigenvalue weighted by molar-refractivity contribution is 6.26. The lowest BCUT2D eigenvalue weighted by molar-refractivity contribution is -0.115. The van der Waals surface area contributed by atoms with Crippen molar-refractivity contribution < 1.29 is 9.53 Å². The quantitative estimate of drug-likeness (QED) is 0.288. The monoisotopic (exact) mass is 431 g/mol. The van der Waals surface area contributed by atoms with Crippen LogP contribution in [0.25, 0.3) is 5.70 Å². The Morgan fingerprint density at radius 2 is 2.12 bits per heavy atom. The molecule has 1 aromatic rings. The number of hydrogen-bond acceptors (Lipinski definition) is 7. The molecule has 0 amide bonds. The van der Waals surface area contributed by atoms with Gasteiger partial charge in [-0.2, -0.15) is 0 Å². The van der Waals surface area contributed by atoms with Crippen molar-refractivity contribution in [1.82, 2.24) is 10.6 Å². The van der Waals surface area contributed by atoms with Gasteiger partial charge in [0.2, 0.25) is 0 Å². The molecule has 3 rings (SSSR count). The molecule has 1 heterocycles. The number of methoxy groups -OCH3 is 1.